The molecule has 4 rings (SSSR count). The van der Waals surface area contributed by atoms with Gasteiger partial charge in [0.1, 0.15) is 0 Å². The highest BCUT2D eigenvalue weighted by Gasteiger charge is 2.30. The van der Waals surface area contributed by atoms with Crippen molar-refractivity contribution >= 4 is 16.7 Å². The Morgan fingerprint density at radius 3 is 2.74 bits per heavy atom. The van der Waals surface area contributed by atoms with E-state index in [9.17, 15) is 13.2 Å². The summed E-state index contributed by atoms with van der Waals surface area (Å²) in [5.41, 5.74) is 1.49. The Morgan fingerprint density at radius 2 is 2.00 bits per heavy atom. The Bertz CT molecular complexity index is 1070. The quantitative estimate of drug-likeness (QED) is 0.629. The number of alkyl halides is 3. The number of piperazine rings is 1. The van der Waals surface area contributed by atoms with Gasteiger partial charge in [0.25, 0.3) is 0 Å². The molecule has 0 radical (unpaired) electrons. The van der Waals surface area contributed by atoms with Gasteiger partial charge in [0.2, 0.25) is 5.13 Å². The van der Waals surface area contributed by atoms with Crippen molar-refractivity contribution in [2.75, 3.05) is 24.5 Å². The fourth-order valence-corrected chi connectivity index (χ4v) is 4.44. The first-order valence-electron chi connectivity index (χ1n) is 9.92. The van der Waals surface area contributed by atoms with Crippen molar-refractivity contribution in [1.82, 2.24) is 14.7 Å². The van der Waals surface area contributed by atoms with Crippen LogP contribution in [-0.2, 0) is 12.6 Å². The van der Waals surface area contributed by atoms with Crippen molar-refractivity contribution < 1.29 is 13.2 Å². The van der Waals surface area contributed by atoms with Gasteiger partial charge in [-0.2, -0.15) is 27.8 Å². The van der Waals surface area contributed by atoms with E-state index in [1.165, 1.54) is 23.7 Å². The second-order valence-corrected chi connectivity index (χ2v) is 8.11. The normalized spacial score (nSPS) is 16.8. The van der Waals surface area contributed by atoms with E-state index in [2.05, 4.69) is 25.6 Å². The number of benzene rings is 2. The molecule has 1 atom stereocenters. The third-order valence-corrected chi connectivity index (χ3v) is 6.06. The molecule has 9 heteroatoms. The number of nitrogens with zero attached hydrogens (tertiary/aromatic N) is 4. The smallest absolute Gasteiger partial charge is 0.341 e. The zero-order valence-electron chi connectivity index (χ0n) is 16.6. The van der Waals surface area contributed by atoms with Gasteiger partial charge in [-0.15, -0.1) is 0 Å². The molecule has 2 aromatic carbocycles. The number of nitriles is 1. The average molecular weight is 443 g/mol. The van der Waals surface area contributed by atoms with E-state index >= 15 is 0 Å². The highest BCUT2D eigenvalue weighted by Crippen LogP contribution is 2.31. The SMILES string of the molecule is N#Cc1ccc(-c2nsc(N3CCNCC3CCc3cccc(C(F)(F)F)c3)n2)cc1. The van der Waals surface area contributed by atoms with Gasteiger partial charge in [-0.1, -0.05) is 18.2 Å². The van der Waals surface area contributed by atoms with Crippen LogP contribution < -0.4 is 10.2 Å². The van der Waals surface area contributed by atoms with Crippen molar-refractivity contribution in [2.45, 2.75) is 25.1 Å². The number of hydrogen-bond acceptors (Lipinski definition) is 6. The van der Waals surface area contributed by atoms with Gasteiger partial charge in [0.05, 0.1) is 17.2 Å². The third-order valence-electron chi connectivity index (χ3n) is 5.30. The number of rotatable bonds is 5. The minimum Gasteiger partial charge on any atom is -0.341 e. The number of aryl methyl sites for hydroxylation is 1. The van der Waals surface area contributed by atoms with Crippen molar-refractivity contribution in [2.24, 2.45) is 0 Å². The first-order valence-corrected chi connectivity index (χ1v) is 10.7. The van der Waals surface area contributed by atoms with E-state index in [0.717, 1.165) is 36.4 Å². The zero-order valence-corrected chi connectivity index (χ0v) is 17.4. The van der Waals surface area contributed by atoms with Crippen LogP contribution in [0.25, 0.3) is 11.4 Å². The number of aromatic nitrogens is 2. The van der Waals surface area contributed by atoms with E-state index < -0.39 is 11.7 Å². The Morgan fingerprint density at radius 1 is 1.19 bits per heavy atom. The molecule has 0 spiro atoms. The second-order valence-electron chi connectivity index (χ2n) is 7.38. The summed E-state index contributed by atoms with van der Waals surface area (Å²) in [5, 5.41) is 13.1. The predicted octanol–water partition coefficient (Wildman–Crippen LogP) is 4.51. The highest BCUT2D eigenvalue weighted by molar-refractivity contribution is 7.09. The van der Waals surface area contributed by atoms with Gasteiger partial charge in [0.15, 0.2) is 5.82 Å². The van der Waals surface area contributed by atoms with Crippen LogP contribution in [0.5, 0.6) is 0 Å². The molecule has 2 heterocycles. The van der Waals surface area contributed by atoms with Crippen LogP contribution in [0.4, 0.5) is 18.3 Å². The van der Waals surface area contributed by atoms with Crippen LogP contribution in [0.1, 0.15) is 23.1 Å². The molecule has 1 aliphatic heterocycles. The van der Waals surface area contributed by atoms with E-state index in [4.69, 9.17) is 5.26 Å². The summed E-state index contributed by atoms with van der Waals surface area (Å²) in [7, 11) is 0. The molecule has 0 amide bonds. The summed E-state index contributed by atoms with van der Waals surface area (Å²) < 4.78 is 43.4. The molecule has 1 saturated heterocycles. The molecule has 1 fully saturated rings. The second kappa shape index (κ2) is 9.04. The summed E-state index contributed by atoms with van der Waals surface area (Å²) in [6.07, 6.45) is -3.07. The van der Waals surface area contributed by atoms with Crippen LogP contribution in [0.2, 0.25) is 0 Å². The van der Waals surface area contributed by atoms with Gasteiger partial charge in [-0.25, -0.2) is 0 Å². The summed E-state index contributed by atoms with van der Waals surface area (Å²) in [6, 6.07) is 14.9. The Kier molecular flexibility index (Phi) is 6.20. The van der Waals surface area contributed by atoms with E-state index in [-0.39, 0.29) is 6.04 Å². The minimum atomic E-state index is -4.33. The van der Waals surface area contributed by atoms with Crippen LogP contribution in [0, 0.1) is 11.3 Å². The lowest BCUT2D eigenvalue weighted by atomic mass is 10.0. The fraction of sp³-hybridized carbons (Fsp3) is 0.318. The topological polar surface area (TPSA) is 64.8 Å². The number of nitrogens with one attached hydrogen (secondary N) is 1. The van der Waals surface area contributed by atoms with Gasteiger partial charge in [0, 0.05) is 42.8 Å². The lowest BCUT2D eigenvalue weighted by Gasteiger charge is -2.36. The molecular formula is C22H20F3N5S. The first-order chi connectivity index (χ1) is 14.9. The lowest BCUT2D eigenvalue weighted by Crippen LogP contribution is -2.51. The zero-order chi connectivity index (χ0) is 21.8. The molecule has 1 unspecified atom stereocenters. The fourth-order valence-electron chi connectivity index (χ4n) is 3.65. The van der Waals surface area contributed by atoms with Crippen LogP contribution in [-0.4, -0.2) is 35.0 Å². The monoisotopic (exact) mass is 443 g/mol. The highest BCUT2D eigenvalue weighted by atomic mass is 32.1. The van der Waals surface area contributed by atoms with E-state index in [0.29, 0.717) is 29.8 Å². The maximum Gasteiger partial charge on any atom is 0.416 e. The Labute approximate surface area is 182 Å². The molecule has 1 N–H and O–H groups in total. The molecule has 160 valence electrons. The molecule has 31 heavy (non-hydrogen) atoms. The molecule has 0 aliphatic carbocycles. The number of halogens is 3. The maximum absolute atomic E-state index is 13.0. The molecule has 0 saturated carbocycles. The molecule has 1 aromatic heterocycles. The molecule has 1 aliphatic rings. The van der Waals surface area contributed by atoms with Gasteiger partial charge in [-0.3, -0.25) is 0 Å². The van der Waals surface area contributed by atoms with Crippen molar-refractivity contribution in [3.8, 4) is 17.5 Å². The third kappa shape index (κ3) is 5.03. The van der Waals surface area contributed by atoms with E-state index in [1.54, 1.807) is 18.2 Å². The van der Waals surface area contributed by atoms with Crippen LogP contribution in [0.15, 0.2) is 48.5 Å². The molecular weight excluding hydrogens is 423 g/mol. The van der Waals surface area contributed by atoms with Crippen molar-refractivity contribution in [3.63, 3.8) is 0 Å². The number of anilines is 1. The van der Waals surface area contributed by atoms with Crippen molar-refractivity contribution in [1.29, 1.82) is 5.26 Å². The lowest BCUT2D eigenvalue weighted by molar-refractivity contribution is -0.137. The van der Waals surface area contributed by atoms with Gasteiger partial charge < -0.3 is 10.2 Å². The predicted molar refractivity (Wildman–Crippen MR) is 114 cm³/mol. The maximum atomic E-state index is 13.0. The number of hydrogen-bond donors (Lipinski definition) is 1. The molecule has 3 aromatic rings. The minimum absolute atomic E-state index is 0.116. The standard InChI is InChI=1S/C22H20F3N5S/c23-22(24,25)18-3-1-2-15(12-18)6-9-19-14-27-10-11-30(19)21-28-20(29-31-21)17-7-4-16(13-26)5-8-17/h1-5,7-8,12,19,27H,6,9-11,14H2. The summed E-state index contributed by atoms with van der Waals surface area (Å²) >= 11 is 1.32. The Hall–Kier alpha value is -2.96. The van der Waals surface area contributed by atoms with Crippen molar-refractivity contribution in [3.05, 3.63) is 65.2 Å². The van der Waals surface area contributed by atoms with Gasteiger partial charge >= 0.3 is 6.18 Å². The molecule has 5 nitrogen and oxygen atoms in total. The summed E-state index contributed by atoms with van der Waals surface area (Å²) in [5.74, 6) is 0.611. The van der Waals surface area contributed by atoms with Crippen LogP contribution >= 0.6 is 11.5 Å². The van der Waals surface area contributed by atoms with E-state index in [1.807, 2.05) is 12.1 Å². The summed E-state index contributed by atoms with van der Waals surface area (Å²) in [6.45, 7) is 2.31. The summed E-state index contributed by atoms with van der Waals surface area (Å²) in [4.78, 5) is 6.87. The average Bonchev–Trinajstić information content (AvgIpc) is 3.28. The largest absolute Gasteiger partial charge is 0.416 e. The van der Waals surface area contributed by atoms with Gasteiger partial charge in [-0.05, 0) is 48.7 Å². The Balaban J connectivity index is 1.47. The first kappa shape index (κ1) is 21.3. The van der Waals surface area contributed by atoms with Crippen LogP contribution in [0.3, 0.4) is 0 Å². The molecule has 0 bridgehead atoms.